The second-order valence-electron chi connectivity index (χ2n) is 7.40. The van der Waals surface area contributed by atoms with Gasteiger partial charge in [-0.25, -0.2) is 0 Å². The van der Waals surface area contributed by atoms with Crippen molar-refractivity contribution in [3.8, 4) is 5.75 Å². The summed E-state index contributed by atoms with van der Waals surface area (Å²) in [5, 5.41) is 3.14. The van der Waals surface area contributed by atoms with Crippen LogP contribution in [0.2, 0.25) is 0 Å². The average Bonchev–Trinajstić information content (AvgIpc) is 3.07. The van der Waals surface area contributed by atoms with Crippen molar-refractivity contribution in [3.05, 3.63) is 29.8 Å². The molecular formula is C20H28N2O3. The molecule has 2 atom stereocenters. The van der Waals surface area contributed by atoms with Crippen LogP contribution in [0, 0.1) is 5.41 Å². The van der Waals surface area contributed by atoms with Crippen molar-refractivity contribution in [3.63, 3.8) is 0 Å². The second-order valence-corrected chi connectivity index (χ2v) is 7.40. The minimum atomic E-state index is 0.0818. The zero-order valence-electron chi connectivity index (χ0n) is 15.2. The fraction of sp³-hybridized carbons (Fsp3) is 0.600. The molecule has 1 saturated heterocycles. The van der Waals surface area contributed by atoms with E-state index in [1.54, 1.807) is 7.11 Å². The highest BCUT2D eigenvalue weighted by Crippen LogP contribution is 2.47. The van der Waals surface area contributed by atoms with E-state index in [1.165, 1.54) is 0 Å². The Morgan fingerprint density at radius 1 is 1.32 bits per heavy atom. The van der Waals surface area contributed by atoms with Crippen LogP contribution >= 0.6 is 0 Å². The smallest absolute Gasteiger partial charge is 0.222 e. The molecule has 0 aromatic heterocycles. The predicted octanol–water partition coefficient (Wildman–Crippen LogP) is 2.54. The van der Waals surface area contributed by atoms with Crippen molar-refractivity contribution in [2.45, 2.75) is 51.0 Å². The number of likely N-dealkylation sites (tertiary alicyclic amines) is 1. The second kappa shape index (κ2) is 7.46. The van der Waals surface area contributed by atoms with Crippen LogP contribution in [0.4, 0.5) is 0 Å². The Labute approximate surface area is 149 Å². The van der Waals surface area contributed by atoms with E-state index < -0.39 is 0 Å². The molecule has 1 aliphatic heterocycles. The zero-order valence-corrected chi connectivity index (χ0v) is 15.2. The normalized spacial score (nSPS) is 25.6. The molecule has 3 rings (SSSR count). The Hall–Kier alpha value is -2.04. The van der Waals surface area contributed by atoms with Crippen LogP contribution in [0.1, 0.15) is 44.1 Å². The van der Waals surface area contributed by atoms with Gasteiger partial charge in [-0.2, -0.15) is 0 Å². The van der Waals surface area contributed by atoms with E-state index in [-0.39, 0.29) is 23.3 Å². The highest BCUT2D eigenvalue weighted by Gasteiger charge is 2.48. The third-order valence-electron chi connectivity index (χ3n) is 5.99. The molecule has 5 nitrogen and oxygen atoms in total. The minimum absolute atomic E-state index is 0.0818. The van der Waals surface area contributed by atoms with E-state index in [1.807, 2.05) is 36.2 Å². The highest BCUT2D eigenvalue weighted by atomic mass is 16.5. The van der Waals surface area contributed by atoms with E-state index in [0.29, 0.717) is 19.4 Å². The Morgan fingerprint density at radius 2 is 2.08 bits per heavy atom. The van der Waals surface area contributed by atoms with Crippen LogP contribution in [0.15, 0.2) is 24.3 Å². The summed E-state index contributed by atoms with van der Waals surface area (Å²) in [6.07, 6.45) is 6.03. The first kappa shape index (κ1) is 17.8. The van der Waals surface area contributed by atoms with E-state index in [4.69, 9.17) is 4.74 Å². The molecule has 1 aromatic rings. The number of ether oxygens (including phenoxy) is 1. The van der Waals surface area contributed by atoms with Gasteiger partial charge in [-0.05, 0) is 43.4 Å². The highest BCUT2D eigenvalue weighted by molar-refractivity contribution is 5.78. The number of hydrogen-bond acceptors (Lipinski definition) is 3. The van der Waals surface area contributed by atoms with E-state index in [0.717, 1.165) is 43.4 Å². The maximum atomic E-state index is 12.3. The minimum Gasteiger partial charge on any atom is -0.497 e. The number of piperidine rings is 1. The first-order valence-electron chi connectivity index (χ1n) is 9.19. The largest absolute Gasteiger partial charge is 0.497 e. The number of nitrogens with one attached hydrogen (secondary N) is 1. The molecule has 136 valence electrons. The molecule has 1 saturated carbocycles. The number of amides is 2. The average molecular weight is 344 g/mol. The SMILES string of the molecule is COc1ccc(CCC(=O)NC[C@@]23CCC[C@H]2N(C)C(=O)CC3)cc1. The van der Waals surface area contributed by atoms with Gasteiger partial charge in [-0.1, -0.05) is 18.6 Å². The van der Waals surface area contributed by atoms with Crippen molar-refractivity contribution < 1.29 is 14.3 Å². The molecule has 1 heterocycles. The summed E-state index contributed by atoms with van der Waals surface area (Å²) in [5.74, 6) is 1.17. The standard InChI is InChI=1S/C20H28N2O3/c1-22-17-4-3-12-20(17,13-11-19(22)24)14-21-18(23)10-7-15-5-8-16(25-2)9-6-15/h5-6,8-9,17H,3-4,7,10-14H2,1-2H3,(H,21,23)/t17-,20+/m1/s1. The van der Waals surface area contributed by atoms with Crippen molar-refractivity contribution in [2.75, 3.05) is 20.7 Å². The van der Waals surface area contributed by atoms with Crippen LogP contribution in [-0.2, 0) is 16.0 Å². The molecule has 1 aliphatic carbocycles. The van der Waals surface area contributed by atoms with Crippen molar-refractivity contribution in [1.29, 1.82) is 0 Å². The van der Waals surface area contributed by atoms with Crippen molar-refractivity contribution in [1.82, 2.24) is 10.2 Å². The van der Waals surface area contributed by atoms with Gasteiger partial charge in [0.15, 0.2) is 0 Å². The first-order chi connectivity index (χ1) is 12.0. The van der Waals surface area contributed by atoms with E-state index in [2.05, 4.69) is 5.32 Å². The van der Waals surface area contributed by atoms with Crippen molar-refractivity contribution >= 4 is 11.8 Å². The molecular weight excluding hydrogens is 316 g/mol. The number of fused-ring (bicyclic) bond motifs is 1. The number of rotatable bonds is 6. The maximum Gasteiger partial charge on any atom is 0.222 e. The molecule has 2 fully saturated rings. The van der Waals surface area contributed by atoms with Gasteiger partial charge in [0.25, 0.3) is 0 Å². The summed E-state index contributed by atoms with van der Waals surface area (Å²) >= 11 is 0. The zero-order chi connectivity index (χ0) is 17.9. The molecule has 0 radical (unpaired) electrons. The summed E-state index contributed by atoms with van der Waals surface area (Å²) in [5.41, 5.74) is 1.22. The lowest BCUT2D eigenvalue weighted by Gasteiger charge is -2.44. The fourth-order valence-corrected chi connectivity index (χ4v) is 4.43. The van der Waals surface area contributed by atoms with Crippen LogP contribution < -0.4 is 10.1 Å². The molecule has 2 amide bonds. The molecule has 0 unspecified atom stereocenters. The van der Waals surface area contributed by atoms with Gasteiger partial charge in [0, 0.05) is 37.9 Å². The van der Waals surface area contributed by atoms with Crippen molar-refractivity contribution in [2.24, 2.45) is 5.41 Å². The quantitative estimate of drug-likeness (QED) is 0.863. The molecule has 25 heavy (non-hydrogen) atoms. The third kappa shape index (κ3) is 3.80. The number of carbonyl (C=O) groups excluding carboxylic acids is 2. The summed E-state index contributed by atoms with van der Waals surface area (Å²) in [4.78, 5) is 26.2. The van der Waals surface area contributed by atoms with Gasteiger partial charge < -0.3 is 15.0 Å². The van der Waals surface area contributed by atoms with Crippen LogP contribution in [-0.4, -0.2) is 43.5 Å². The van der Waals surface area contributed by atoms with E-state index in [9.17, 15) is 9.59 Å². The molecule has 1 N–H and O–H groups in total. The van der Waals surface area contributed by atoms with Crippen LogP contribution in [0.5, 0.6) is 5.75 Å². The number of hydrogen-bond donors (Lipinski definition) is 1. The first-order valence-corrected chi connectivity index (χ1v) is 9.19. The molecule has 5 heteroatoms. The summed E-state index contributed by atoms with van der Waals surface area (Å²) in [6, 6.07) is 8.13. The molecule has 0 spiro atoms. The lowest BCUT2D eigenvalue weighted by atomic mass is 9.74. The predicted molar refractivity (Wildman–Crippen MR) is 96.4 cm³/mol. The number of nitrogens with zero attached hydrogens (tertiary/aromatic N) is 1. The van der Waals surface area contributed by atoms with Gasteiger partial charge in [0.2, 0.25) is 11.8 Å². The Bertz CT molecular complexity index is 628. The van der Waals surface area contributed by atoms with Gasteiger partial charge in [-0.15, -0.1) is 0 Å². The summed E-state index contributed by atoms with van der Waals surface area (Å²) in [7, 11) is 3.56. The number of carbonyl (C=O) groups is 2. The lowest BCUT2D eigenvalue weighted by Crippen LogP contribution is -2.54. The lowest BCUT2D eigenvalue weighted by molar-refractivity contribution is -0.139. The van der Waals surface area contributed by atoms with Crippen LogP contribution in [0.3, 0.4) is 0 Å². The van der Waals surface area contributed by atoms with Crippen LogP contribution in [0.25, 0.3) is 0 Å². The molecule has 2 aliphatic rings. The number of aryl methyl sites for hydroxylation is 1. The van der Waals surface area contributed by atoms with Gasteiger partial charge in [-0.3, -0.25) is 9.59 Å². The topological polar surface area (TPSA) is 58.6 Å². The molecule has 0 bridgehead atoms. The number of benzene rings is 1. The third-order valence-corrected chi connectivity index (χ3v) is 5.99. The Morgan fingerprint density at radius 3 is 2.80 bits per heavy atom. The number of methoxy groups -OCH3 is 1. The monoisotopic (exact) mass is 344 g/mol. The van der Waals surface area contributed by atoms with Gasteiger partial charge in [0.1, 0.15) is 5.75 Å². The maximum absolute atomic E-state index is 12.3. The van der Waals surface area contributed by atoms with Gasteiger partial charge in [0.05, 0.1) is 7.11 Å². The summed E-state index contributed by atoms with van der Waals surface area (Å²) < 4.78 is 5.15. The van der Waals surface area contributed by atoms with Gasteiger partial charge >= 0.3 is 0 Å². The summed E-state index contributed by atoms with van der Waals surface area (Å²) in [6.45, 7) is 0.691. The Balaban J connectivity index is 1.50. The Kier molecular flexibility index (Phi) is 5.30. The van der Waals surface area contributed by atoms with E-state index >= 15 is 0 Å². The molecule has 1 aromatic carbocycles. The fourth-order valence-electron chi connectivity index (χ4n) is 4.43.